The van der Waals surface area contributed by atoms with Gasteiger partial charge in [-0.25, -0.2) is 0 Å². The van der Waals surface area contributed by atoms with E-state index in [0.717, 1.165) is 18.8 Å². The molecule has 15 heavy (non-hydrogen) atoms. The molecule has 0 radical (unpaired) electrons. The number of amides is 1. The van der Waals surface area contributed by atoms with Crippen molar-refractivity contribution < 1.29 is 4.79 Å². The molecule has 1 atom stereocenters. The van der Waals surface area contributed by atoms with E-state index in [-0.39, 0.29) is 11.9 Å². The highest BCUT2D eigenvalue weighted by molar-refractivity contribution is 5.81. The summed E-state index contributed by atoms with van der Waals surface area (Å²) < 4.78 is 0. The largest absolute Gasteiger partial charge is 0.368 e. The Morgan fingerprint density at radius 1 is 1.40 bits per heavy atom. The van der Waals surface area contributed by atoms with Crippen LogP contribution in [0.1, 0.15) is 0 Å². The van der Waals surface area contributed by atoms with Crippen LogP contribution in [0.25, 0.3) is 0 Å². The normalized spacial score (nSPS) is 21.3. The number of hydrogen-bond donors (Lipinski definition) is 2. The summed E-state index contributed by atoms with van der Waals surface area (Å²) >= 11 is 0. The zero-order valence-electron chi connectivity index (χ0n) is 8.52. The smallest absolute Gasteiger partial charge is 0.236 e. The number of nitrogens with one attached hydrogen (secondary N) is 1. The lowest BCUT2D eigenvalue weighted by Gasteiger charge is -2.33. The molecule has 1 aromatic carbocycles. The van der Waals surface area contributed by atoms with Crippen LogP contribution < -0.4 is 16.0 Å². The molecule has 1 fully saturated rings. The quantitative estimate of drug-likeness (QED) is 0.711. The van der Waals surface area contributed by atoms with Gasteiger partial charge in [0.1, 0.15) is 6.04 Å². The fourth-order valence-corrected chi connectivity index (χ4v) is 1.81. The average molecular weight is 205 g/mol. The van der Waals surface area contributed by atoms with Gasteiger partial charge in [-0.2, -0.15) is 0 Å². The van der Waals surface area contributed by atoms with E-state index < -0.39 is 0 Å². The van der Waals surface area contributed by atoms with Gasteiger partial charge < -0.3 is 16.0 Å². The second-order valence-corrected chi connectivity index (χ2v) is 3.69. The molecule has 1 aliphatic heterocycles. The van der Waals surface area contributed by atoms with Gasteiger partial charge in [-0.1, -0.05) is 18.2 Å². The lowest BCUT2D eigenvalue weighted by atomic mass is 10.2. The van der Waals surface area contributed by atoms with E-state index in [9.17, 15) is 4.79 Å². The molecule has 0 aromatic heterocycles. The topological polar surface area (TPSA) is 58.4 Å². The molecule has 3 N–H and O–H groups in total. The number of benzene rings is 1. The fourth-order valence-electron chi connectivity index (χ4n) is 1.81. The van der Waals surface area contributed by atoms with Crippen LogP contribution in [0.15, 0.2) is 30.3 Å². The molecule has 2 rings (SSSR count). The number of rotatable bonds is 2. The van der Waals surface area contributed by atoms with Crippen LogP contribution >= 0.6 is 0 Å². The Kier molecular flexibility index (Phi) is 2.87. The van der Waals surface area contributed by atoms with Gasteiger partial charge >= 0.3 is 0 Å². The van der Waals surface area contributed by atoms with Gasteiger partial charge in [-0.15, -0.1) is 0 Å². The Morgan fingerprint density at radius 3 is 2.80 bits per heavy atom. The summed E-state index contributed by atoms with van der Waals surface area (Å²) in [5, 5.41) is 3.10. The SMILES string of the molecule is NC(=O)C1CN(c2ccccc2)CCN1. The number of piperazine rings is 1. The van der Waals surface area contributed by atoms with E-state index in [4.69, 9.17) is 5.73 Å². The molecular weight excluding hydrogens is 190 g/mol. The van der Waals surface area contributed by atoms with E-state index in [0.29, 0.717) is 6.54 Å². The molecule has 1 amide bonds. The minimum atomic E-state index is -0.282. The minimum Gasteiger partial charge on any atom is -0.368 e. The molecule has 1 aromatic rings. The first-order valence-corrected chi connectivity index (χ1v) is 5.10. The van der Waals surface area contributed by atoms with Crippen molar-refractivity contribution in [3.8, 4) is 0 Å². The number of nitrogens with zero attached hydrogens (tertiary/aromatic N) is 1. The van der Waals surface area contributed by atoms with Crippen molar-refractivity contribution in [3.63, 3.8) is 0 Å². The number of primary amides is 1. The third-order valence-electron chi connectivity index (χ3n) is 2.64. The number of carbonyl (C=O) groups is 1. The van der Waals surface area contributed by atoms with Crippen LogP contribution in [0.2, 0.25) is 0 Å². The van der Waals surface area contributed by atoms with E-state index in [2.05, 4.69) is 10.2 Å². The van der Waals surface area contributed by atoms with E-state index in [1.165, 1.54) is 0 Å². The van der Waals surface area contributed by atoms with Gasteiger partial charge in [0.05, 0.1) is 0 Å². The van der Waals surface area contributed by atoms with Gasteiger partial charge in [-0.05, 0) is 12.1 Å². The number of nitrogens with two attached hydrogens (primary N) is 1. The van der Waals surface area contributed by atoms with Crippen LogP contribution in [0, 0.1) is 0 Å². The summed E-state index contributed by atoms with van der Waals surface area (Å²) in [6.45, 7) is 2.36. The first-order valence-electron chi connectivity index (χ1n) is 5.10. The lowest BCUT2D eigenvalue weighted by molar-refractivity contribution is -0.120. The number of hydrogen-bond acceptors (Lipinski definition) is 3. The van der Waals surface area contributed by atoms with Crippen molar-refractivity contribution in [2.24, 2.45) is 5.73 Å². The predicted octanol–water partition coefficient (Wildman–Crippen LogP) is -0.0499. The fraction of sp³-hybridized carbons (Fsp3) is 0.364. The molecule has 80 valence electrons. The molecule has 0 bridgehead atoms. The van der Waals surface area contributed by atoms with Gasteiger partial charge in [0.2, 0.25) is 5.91 Å². The van der Waals surface area contributed by atoms with Crippen molar-refractivity contribution in [3.05, 3.63) is 30.3 Å². The standard InChI is InChI=1S/C11H15N3O/c12-11(15)10-8-14(7-6-13-10)9-4-2-1-3-5-9/h1-5,10,13H,6-8H2,(H2,12,15). The molecule has 0 saturated carbocycles. The summed E-state index contributed by atoms with van der Waals surface area (Å²) in [5.74, 6) is -0.282. The maximum absolute atomic E-state index is 11.1. The predicted molar refractivity (Wildman–Crippen MR) is 59.6 cm³/mol. The maximum atomic E-state index is 11.1. The first-order chi connectivity index (χ1) is 7.27. The minimum absolute atomic E-state index is 0.237. The van der Waals surface area contributed by atoms with Crippen LogP contribution in [0.4, 0.5) is 5.69 Å². The monoisotopic (exact) mass is 205 g/mol. The second-order valence-electron chi connectivity index (χ2n) is 3.69. The van der Waals surface area contributed by atoms with Crippen molar-refractivity contribution in [2.45, 2.75) is 6.04 Å². The molecule has 1 aliphatic rings. The highest BCUT2D eigenvalue weighted by atomic mass is 16.1. The zero-order valence-corrected chi connectivity index (χ0v) is 8.52. The molecule has 4 heteroatoms. The van der Waals surface area contributed by atoms with Crippen LogP contribution in [-0.2, 0) is 4.79 Å². The first kappa shape index (κ1) is 9.98. The molecule has 0 aliphatic carbocycles. The molecule has 1 unspecified atom stereocenters. The summed E-state index contributed by atoms with van der Waals surface area (Å²) in [7, 11) is 0. The third-order valence-corrected chi connectivity index (χ3v) is 2.64. The highest BCUT2D eigenvalue weighted by Gasteiger charge is 2.23. The molecule has 4 nitrogen and oxygen atoms in total. The number of anilines is 1. The van der Waals surface area contributed by atoms with Crippen molar-refractivity contribution in [2.75, 3.05) is 24.5 Å². The van der Waals surface area contributed by atoms with Gasteiger partial charge in [0.15, 0.2) is 0 Å². The van der Waals surface area contributed by atoms with Crippen molar-refractivity contribution in [1.82, 2.24) is 5.32 Å². The number of para-hydroxylation sites is 1. The summed E-state index contributed by atoms with van der Waals surface area (Å²) in [4.78, 5) is 13.2. The second kappa shape index (κ2) is 4.31. The Labute approximate surface area is 89.1 Å². The van der Waals surface area contributed by atoms with E-state index >= 15 is 0 Å². The summed E-state index contributed by atoms with van der Waals surface area (Å²) in [6.07, 6.45) is 0. The lowest BCUT2D eigenvalue weighted by Crippen LogP contribution is -2.56. The van der Waals surface area contributed by atoms with Crippen LogP contribution in [-0.4, -0.2) is 31.6 Å². The zero-order chi connectivity index (χ0) is 10.7. The Morgan fingerprint density at radius 2 is 2.13 bits per heavy atom. The Balaban J connectivity index is 2.08. The average Bonchev–Trinajstić information content (AvgIpc) is 2.30. The van der Waals surface area contributed by atoms with Crippen molar-refractivity contribution in [1.29, 1.82) is 0 Å². The van der Waals surface area contributed by atoms with Crippen LogP contribution in [0.5, 0.6) is 0 Å². The van der Waals surface area contributed by atoms with Crippen LogP contribution in [0.3, 0.4) is 0 Å². The third kappa shape index (κ3) is 2.27. The van der Waals surface area contributed by atoms with E-state index in [1.54, 1.807) is 0 Å². The molecule has 1 heterocycles. The van der Waals surface area contributed by atoms with Crippen molar-refractivity contribution >= 4 is 11.6 Å². The van der Waals surface area contributed by atoms with Gasteiger partial charge in [0, 0.05) is 25.3 Å². The Hall–Kier alpha value is -1.55. The number of carbonyl (C=O) groups excluding carboxylic acids is 1. The summed E-state index contributed by atoms with van der Waals surface area (Å²) in [5.41, 5.74) is 6.42. The summed E-state index contributed by atoms with van der Waals surface area (Å²) in [6, 6.07) is 9.83. The van der Waals surface area contributed by atoms with Gasteiger partial charge in [0.25, 0.3) is 0 Å². The molecule has 1 saturated heterocycles. The Bertz CT molecular complexity index is 339. The highest BCUT2D eigenvalue weighted by Crippen LogP contribution is 2.14. The maximum Gasteiger partial charge on any atom is 0.236 e. The van der Waals surface area contributed by atoms with E-state index in [1.807, 2.05) is 30.3 Å². The molecular formula is C11H15N3O. The molecule has 0 spiro atoms. The van der Waals surface area contributed by atoms with Gasteiger partial charge in [-0.3, -0.25) is 4.79 Å².